The van der Waals surface area contributed by atoms with Crippen LogP contribution in [0.4, 0.5) is 0 Å². The normalized spacial score (nSPS) is 11.5. The summed E-state index contributed by atoms with van der Waals surface area (Å²) < 4.78 is 5.46. The molecule has 0 unspecified atom stereocenters. The number of rotatable bonds is 5. The highest BCUT2D eigenvalue weighted by atomic mass is 35.5. The summed E-state index contributed by atoms with van der Waals surface area (Å²) in [6, 6.07) is 13.9. The van der Waals surface area contributed by atoms with Crippen molar-refractivity contribution in [2.24, 2.45) is 0 Å². The lowest BCUT2D eigenvalue weighted by Crippen LogP contribution is -2.47. The molecule has 2 rings (SSSR count). The minimum atomic E-state index is -0.847. The number of hydrazine groups is 1. The third-order valence-electron chi connectivity index (χ3n) is 3.10. The van der Waals surface area contributed by atoms with Crippen LogP contribution in [0.25, 0.3) is 0 Å². The maximum atomic E-state index is 12.0. The van der Waals surface area contributed by atoms with Crippen LogP contribution in [0.1, 0.15) is 12.5 Å². The summed E-state index contributed by atoms with van der Waals surface area (Å²) in [6.07, 6.45) is -0.681. The molecule has 0 saturated heterocycles. The van der Waals surface area contributed by atoms with E-state index in [1.165, 1.54) is 6.07 Å². The highest BCUT2D eigenvalue weighted by Gasteiger charge is 2.17. The number of ether oxygens (including phenoxy) is 1. The number of amides is 2. The Labute approximate surface area is 149 Å². The molecular formula is C17H16Cl2N2O3. The number of halogens is 2. The number of hydrogen-bond donors (Lipinski definition) is 2. The lowest BCUT2D eigenvalue weighted by atomic mass is 10.1. The van der Waals surface area contributed by atoms with E-state index in [4.69, 9.17) is 27.9 Å². The molecular weight excluding hydrogens is 351 g/mol. The Hall–Kier alpha value is -2.24. The first-order chi connectivity index (χ1) is 11.5. The molecule has 1 atom stereocenters. The highest BCUT2D eigenvalue weighted by molar-refractivity contribution is 6.35. The zero-order chi connectivity index (χ0) is 17.5. The molecule has 0 aromatic heterocycles. The second-order valence-electron chi connectivity index (χ2n) is 5.03. The van der Waals surface area contributed by atoms with Gasteiger partial charge in [-0.25, -0.2) is 0 Å². The number of carbonyl (C=O) groups excluding carboxylic acids is 2. The van der Waals surface area contributed by atoms with E-state index in [2.05, 4.69) is 10.9 Å². The van der Waals surface area contributed by atoms with Crippen LogP contribution in [0.2, 0.25) is 10.0 Å². The Morgan fingerprint density at radius 1 is 1.08 bits per heavy atom. The van der Waals surface area contributed by atoms with Gasteiger partial charge in [0.2, 0.25) is 5.91 Å². The highest BCUT2D eigenvalue weighted by Crippen LogP contribution is 2.28. The van der Waals surface area contributed by atoms with Crippen molar-refractivity contribution in [2.45, 2.75) is 19.4 Å². The van der Waals surface area contributed by atoms with Gasteiger partial charge in [-0.15, -0.1) is 0 Å². The molecule has 0 spiro atoms. The first kappa shape index (κ1) is 18.1. The van der Waals surface area contributed by atoms with Crippen molar-refractivity contribution < 1.29 is 14.3 Å². The van der Waals surface area contributed by atoms with Crippen LogP contribution in [0.5, 0.6) is 5.75 Å². The Morgan fingerprint density at radius 3 is 2.46 bits per heavy atom. The van der Waals surface area contributed by atoms with E-state index in [0.717, 1.165) is 5.56 Å². The third kappa shape index (κ3) is 5.44. The fourth-order valence-electron chi connectivity index (χ4n) is 1.87. The summed E-state index contributed by atoms with van der Waals surface area (Å²) >= 11 is 11.8. The van der Waals surface area contributed by atoms with Gasteiger partial charge < -0.3 is 4.74 Å². The van der Waals surface area contributed by atoms with E-state index in [9.17, 15) is 9.59 Å². The fourth-order valence-corrected chi connectivity index (χ4v) is 2.33. The third-order valence-corrected chi connectivity index (χ3v) is 3.63. The van der Waals surface area contributed by atoms with Crippen molar-refractivity contribution in [2.75, 3.05) is 0 Å². The molecule has 0 aliphatic rings. The van der Waals surface area contributed by atoms with Gasteiger partial charge >= 0.3 is 0 Å². The lowest BCUT2D eigenvalue weighted by Gasteiger charge is -2.16. The van der Waals surface area contributed by atoms with Crippen LogP contribution in [0.15, 0.2) is 48.5 Å². The first-order valence-electron chi connectivity index (χ1n) is 7.20. The van der Waals surface area contributed by atoms with Crippen LogP contribution in [0.3, 0.4) is 0 Å². The van der Waals surface area contributed by atoms with E-state index < -0.39 is 12.0 Å². The monoisotopic (exact) mass is 366 g/mol. The average Bonchev–Trinajstić information content (AvgIpc) is 2.56. The Bertz CT molecular complexity index is 723. The Morgan fingerprint density at radius 2 is 1.79 bits per heavy atom. The summed E-state index contributed by atoms with van der Waals surface area (Å²) in [6.45, 7) is 1.55. The van der Waals surface area contributed by atoms with E-state index in [0.29, 0.717) is 15.8 Å². The van der Waals surface area contributed by atoms with Crippen molar-refractivity contribution in [3.05, 3.63) is 64.1 Å². The summed E-state index contributed by atoms with van der Waals surface area (Å²) in [4.78, 5) is 23.7. The van der Waals surface area contributed by atoms with Gasteiger partial charge in [-0.1, -0.05) is 53.5 Å². The van der Waals surface area contributed by atoms with E-state index >= 15 is 0 Å². The summed E-state index contributed by atoms with van der Waals surface area (Å²) in [5.74, 6) is -0.493. The zero-order valence-electron chi connectivity index (χ0n) is 12.9. The van der Waals surface area contributed by atoms with E-state index in [1.54, 1.807) is 19.1 Å². The molecule has 0 aliphatic heterocycles. The van der Waals surface area contributed by atoms with Crippen LogP contribution in [0, 0.1) is 0 Å². The van der Waals surface area contributed by atoms with E-state index in [1.807, 2.05) is 30.3 Å². The molecule has 0 heterocycles. The summed E-state index contributed by atoms with van der Waals surface area (Å²) in [5.41, 5.74) is 5.52. The molecule has 7 heteroatoms. The van der Waals surface area contributed by atoms with Gasteiger partial charge in [0.1, 0.15) is 5.75 Å². The number of hydrogen-bond acceptors (Lipinski definition) is 3. The molecule has 2 amide bonds. The van der Waals surface area contributed by atoms with Crippen molar-refractivity contribution >= 4 is 35.0 Å². The predicted octanol–water partition coefficient (Wildman–Crippen LogP) is 3.15. The molecule has 2 aromatic rings. The summed E-state index contributed by atoms with van der Waals surface area (Å²) in [7, 11) is 0. The van der Waals surface area contributed by atoms with Crippen LogP contribution >= 0.6 is 23.2 Å². The lowest BCUT2D eigenvalue weighted by molar-refractivity contribution is -0.132. The number of nitrogens with one attached hydrogen (secondary N) is 2. The first-order valence-corrected chi connectivity index (χ1v) is 7.95. The predicted molar refractivity (Wildman–Crippen MR) is 93.0 cm³/mol. The van der Waals surface area contributed by atoms with Crippen LogP contribution < -0.4 is 15.6 Å². The van der Waals surface area contributed by atoms with Gasteiger partial charge in [0.05, 0.1) is 11.4 Å². The summed E-state index contributed by atoms with van der Waals surface area (Å²) in [5, 5.41) is 0.771. The molecule has 0 radical (unpaired) electrons. The van der Waals surface area contributed by atoms with Gasteiger partial charge in [0.15, 0.2) is 6.10 Å². The molecule has 0 aliphatic carbocycles. The van der Waals surface area contributed by atoms with Crippen molar-refractivity contribution in [3.63, 3.8) is 0 Å². The SMILES string of the molecule is C[C@@H](Oc1ccc(Cl)cc1Cl)C(=O)NNC(=O)Cc1ccccc1. The van der Waals surface area contributed by atoms with Gasteiger partial charge in [-0.05, 0) is 30.7 Å². The van der Waals surface area contributed by atoms with Crippen LogP contribution in [-0.4, -0.2) is 17.9 Å². The number of carbonyl (C=O) groups is 2. The molecule has 5 nitrogen and oxygen atoms in total. The molecule has 0 fully saturated rings. The van der Waals surface area contributed by atoms with E-state index in [-0.39, 0.29) is 12.3 Å². The van der Waals surface area contributed by atoms with Crippen molar-refractivity contribution in [1.82, 2.24) is 10.9 Å². The Balaban J connectivity index is 1.82. The molecule has 24 heavy (non-hydrogen) atoms. The van der Waals surface area contributed by atoms with Gasteiger partial charge in [0, 0.05) is 5.02 Å². The zero-order valence-corrected chi connectivity index (χ0v) is 14.4. The van der Waals surface area contributed by atoms with Gasteiger partial charge in [0.25, 0.3) is 5.91 Å². The molecule has 2 aromatic carbocycles. The van der Waals surface area contributed by atoms with Gasteiger partial charge in [-0.2, -0.15) is 0 Å². The standard InChI is InChI=1S/C17H16Cl2N2O3/c1-11(24-15-8-7-13(18)10-14(15)19)17(23)21-20-16(22)9-12-5-3-2-4-6-12/h2-8,10-11H,9H2,1H3,(H,20,22)(H,21,23)/t11-/m1/s1. The second-order valence-corrected chi connectivity index (χ2v) is 5.88. The van der Waals surface area contributed by atoms with Crippen molar-refractivity contribution in [3.8, 4) is 5.75 Å². The molecule has 2 N–H and O–H groups in total. The topological polar surface area (TPSA) is 67.4 Å². The van der Waals surface area contributed by atoms with Crippen LogP contribution in [-0.2, 0) is 16.0 Å². The smallest absolute Gasteiger partial charge is 0.279 e. The molecule has 0 saturated carbocycles. The fraction of sp³-hybridized carbons (Fsp3) is 0.176. The second kappa shape index (κ2) is 8.57. The number of benzene rings is 2. The quantitative estimate of drug-likeness (QED) is 0.798. The Kier molecular flexibility index (Phi) is 6.46. The minimum absolute atomic E-state index is 0.166. The minimum Gasteiger partial charge on any atom is -0.479 e. The maximum absolute atomic E-state index is 12.0. The largest absolute Gasteiger partial charge is 0.479 e. The molecule has 0 bridgehead atoms. The average molecular weight is 367 g/mol. The maximum Gasteiger partial charge on any atom is 0.279 e. The van der Waals surface area contributed by atoms with Crippen molar-refractivity contribution in [1.29, 1.82) is 0 Å². The molecule has 126 valence electrons. The van der Waals surface area contributed by atoms with Gasteiger partial charge in [-0.3, -0.25) is 20.4 Å².